The van der Waals surface area contributed by atoms with Gasteiger partial charge < -0.3 is 20.4 Å². The van der Waals surface area contributed by atoms with Crippen molar-refractivity contribution in [2.45, 2.75) is 13.0 Å². The number of aliphatic hydroxyl groups is 1. The number of aromatic hydroxyl groups is 1. The Hall–Kier alpha value is -3.12. The van der Waals surface area contributed by atoms with Gasteiger partial charge in [-0.25, -0.2) is 0 Å². The molecular formula is C20H22N2O4. The van der Waals surface area contributed by atoms with Gasteiger partial charge in [-0.15, -0.1) is 0 Å². The molecular weight excluding hydrogens is 332 g/mol. The highest BCUT2D eigenvalue weighted by Gasteiger charge is 2.17. The lowest BCUT2D eigenvalue weighted by Gasteiger charge is -2.21. The van der Waals surface area contributed by atoms with E-state index in [1.807, 2.05) is 0 Å². The number of likely N-dealkylation sites (N-methyl/N-ethyl adjacent to an activating group) is 1. The molecule has 0 bridgehead atoms. The highest BCUT2D eigenvalue weighted by Crippen LogP contribution is 2.22. The minimum atomic E-state index is -0.866. The predicted octanol–water partition coefficient (Wildman–Crippen LogP) is 2.63. The number of anilines is 1. The van der Waals surface area contributed by atoms with Crippen molar-refractivity contribution >= 4 is 17.5 Å². The molecule has 0 fully saturated rings. The van der Waals surface area contributed by atoms with Crippen molar-refractivity contribution in [2.24, 2.45) is 0 Å². The van der Waals surface area contributed by atoms with E-state index < -0.39 is 6.10 Å². The molecule has 0 radical (unpaired) electrons. The third kappa shape index (κ3) is 4.70. The van der Waals surface area contributed by atoms with E-state index in [1.165, 1.54) is 17.0 Å². The van der Waals surface area contributed by atoms with Gasteiger partial charge in [-0.05, 0) is 60.5 Å². The normalized spacial score (nSPS) is 11.5. The lowest BCUT2D eigenvalue weighted by molar-refractivity contribution is -0.111. The van der Waals surface area contributed by atoms with Gasteiger partial charge in [0.2, 0.25) is 5.91 Å². The third-order valence-electron chi connectivity index (χ3n) is 3.98. The summed E-state index contributed by atoms with van der Waals surface area (Å²) in [5.41, 5.74) is 2.29. The molecule has 0 aliphatic carbocycles. The lowest BCUT2D eigenvalue weighted by atomic mass is 10.1. The predicted molar refractivity (Wildman–Crippen MR) is 100 cm³/mol. The summed E-state index contributed by atoms with van der Waals surface area (Å²) in [6.45, 7) is 5.23. The van der Waals surface area contributed by atoms with Crippen molar-refractivity contribution in [1.82, 2.24) is 4.90 Å². The Morgan fingerprint density at radius 2 is 1.88 bits per heavy atom. The van der Waals surface area contributed by atoms with Crippen LogP contribution >= 0.6 is 0 Å². The maximum Gasteiger partial charge on any atom is 0.253 e. The Labute approximate surface area is 152 Å². The van der Waals surface area contributed by atoms with Gasteiger partial charge in [0.05, 0.1) is 12.6 Å². The van der Waals surface area contributed by atoms with Crippen molar-refractivity contribution in [1.29, 1.82) is 0 Å². The summed E-state index contributed by atoms with van der Waals surface area (Å²) in [5, 5.41) is 22.5. The zero-order valence-electron chi connectivity index (χ0n) is 14.8. The van der Waals surface area contributed by atoms with E-state index in [-0.39, 0.29) is 24.1 Å². The number of carbonyl (C=O) groups excluding carboxylic acids is 2. The Kier molecular flexibility index (Phi) is 6.14. The summed E-state index contributed by atoms with van der Waals surface area (Å²) in [7, 11) is 1.60. The molecule has 0 saturated carbocycles. The van der Waals surface area contributed by atoms with Gasteiger partial charge in [0.15, 0.2) is 0 Å². The number of aryl methyl sites for hydroxylation is 1. The van der Waals surface area contributed by atoms with E-state index in [9.17, 15) is 19.8 Å². The summed E-state index contributed by atoms with van der Waals surface area (Å²) in [6, 6.07) is 11.3. The topological polar surface area (TPSA) is 89.9 Å². The van der Waals surface area contributed by atoms with Gasteiger partial charge in [-0.1, -0.05) is 12.6 Å². The first-order chi connectivity index (χ1) is 12.3. The highest BCUT2D eigenvalue weighted by molar-refractivity contribution is 5.99. The second-order valence-corrected chi connectivity index (χ2v) is 6.02. The van der Waals surface area contributed by atoms with Crippen LogP contribution in [-0.4, -0.2) is 40.5 Å². The van der Waals surface area contributed by atoms with Crippen LogP contribution in [-0.2, 0) is 4.79 Å². The molecule has 0 aromatic heterocycles. The zero-order valence-corrected chi connectivity index (χ0v) is 14.8. The number of phenolic OH excluding ortho intramolecular Hbond substituents is 1. The number of hydrogen-bond donors (Lipinski definition) is 3. The van der Waals surface area contributed by atoms with Gasteiger partial charge >= 0.3 is 0 Å². The van der Waals surface area contributed by atoms with Crippen molar-refractivity contribution in [3.05, 3.63) is 71.8 Å². The molecule has 2 amide bonds. The van der Waals surface area contributed by atoms with E-state index in [4.69, 9.17) is 0 Å². The number of aliphatic hydroxyl groups excluding tert-OH is 1. The molecule has 3 N–H and O–H groups in total. The van der Waals surface area contributed by atoms with Crippen LogP contribution in [0.1, 0.15) is 27.6 Å². The van der Waals surface area contributed by atoms with Crippen LogP contribution in [0.5, 0.6) is 5.75 Å². The number of hydrogen-bond acceptors (Lipinski definition) is 4. The summed E-state index contributed by atoms with van der Waals surface area (Å²) >= 11 is 0. The van der Waals surface area contributed by atoms with E-state index in [0.717, 1.165) is 0 Å². The molecule has 1 atom stereocenters. The van der Waals surface area contributed by atoms with Crippen molar-refractivity contribution < 1.29 is 19.8 Å². The Balaban J connectivity index is 2.03. The molecule has 2 aromatic rings. The summed E-state index contributed by atoms with van der Waals surface area (Å²) < 4.78 is 0. The van der Waals surface area contributed by atoms with Gasteiger partial charge in [-0.2, -0.15) is 0 Å². The molecule has 6 heteroatoms. The largest absolute Gasteiger partial charge is 0.508 e. The molecule has 136 valence electrons. The van der Waals surface area contributed by atoms with Crippen LogP contribution in [0.4, 0.5) is 5.69 Å². The first-order valence-corrected chi connectivity index (χ1v) is 8.08. The first-order valence-electron chi connectivity index (χ1n) is 8.08. The van der Waals surface area contributed by atoms with Crippen LogP contribution in [0, 0.1) is 6.92 Å². The van der Waals surface area contributed by atoms with Crippen molar-refractivity contribution in [3.63, 3.8) is 0 Å². The minimum Gasteiger partial charge on any atom is -0.508 e. The number of nitrogens with one attached hydrogen (secondary N) is 1. The second-order valence-electron chi connectivity index (χ2n) is 6.02. The molecule has 0 aliphatic rings. The molecule has 0 spiro atoms. The van der Waals surface area contributed by atoms with Crippen LogP contribution < -0.4 is 5.32 Å². The lowest BCUT2D eigenvalue weighted by Crippen LogP contribution is -2.31. The van der Waals surface area contributed by atoms with E-state index in [2.05, 4.69) is 11.9 Å². The number of rotatable bonds is 6. The smallest absolute Gasteiger partial charge is 0.253 e. The SMILES string of the molecule is C=CC(=O)Nc1ccc(C(=O)N(C)CC(O)c2ccc(O)c(C)c2)cc1. The fraction of sp³-hybridized carbons (Fsp3) is 0.200. The van der Waals surface area contributed by atoms with Gasteiger partial charge in [0, 0.05) is 18.3 Å². The Bertz CT molecular complexity index is 815. The van der Waals surface area contributed by atoms with E-state index in [0.29, 0.717) is 22.4 Å². The molecule has 2 aromatic carbocycles. The third-order valence-corrected chi connectivity index (χ3v) is 3.98. The number of benzene rings is 2. The monoisotopic (exact) mass is 354 g/mol. The molecule has 1 unspecified atom stereocenters. The Morgan fingerprint density at radius 1 is 1.23 bits per heavy atom. The fourth-order valence-electron chi connectivity index (χ4n) is 2.44. The zero-order chi connectivity index (χ0) is 19.3. The molecule has 6 nitrogen and oxygen atoms in total. The Morgan fingerprint density at radius 3 is 2.46 bits per heavy atom. The fourth-order valence-corrected chi connectivity index (χ4v) is 2.44. The minimum absolute atomic E-state index is 0.109. The van der Waals surface area contributed by atoms with Crippen molar-refractivity contribution in [3.8, 4) is 5.75 Å². The first kappa shape index (κ1) is 19.2. The van der Waals surface area contributed by atoms with Crippen LogP contribution in [0.2, 0.25) is 0 Å². The molecule has 0 aliphatic heterocycles. The highest BCUT2D eigenvalue weighted by atomic mass is 16.3. The average Bonchev–Trinajstić information content (AvgIpc) is 2.63. The molecule has 0 heterocycles. The van der Waals surface area contributed by atoms with Crippen molar-refractivity contribution in [2.75, 3.05) is 18.9 Å². The quantitative estimate of drug-likeness (QED) is 0.696. The van der Waals surface area contributed by atoms with Gasteiger partial charge in [-0.3, -0.25) is 9.59 Å². The number of carbonyl (C=O) groups is 2. The van der Waals surface area contributed by atoms with Crippen LogP contribution in [0.25, 0.3) is 0 Å². The van der Waals surface area contributed by atoms with E-state index in [1.54, 1.807) is 50.4 Å². The second kappa shape index (κ2) is 8.31. The standard InChI is InChI=1S/C20H22N2O4/c1-4-19(25)21-16-8-5-14(6-9-16)20(26)22(3)12-18(24)15-7-10-17(23)13(2)11-15/h4-11,18,23-24H,1,12H2,2-3H3,(H,21,25). The average molecular weight is 354 g/mol. The number of phenols is 1. The number of amides is 2. The summed E-state index contributed by atoms with van der Waals surface area (Å²) in [6.07, 6.45) is 0.300. The summed E-state index contributed by atoms with van der Waals surface area (Å²) in [4.78, 5) is 25.2. The summed E-state index contributed by atoms with van der Waals surface area (Å²) in [5.74, 6) is -0.413. The van der Waals surface area contributed by atoms with Crippen LogP contribution in [0.3, 0.4) is 0 Å². The molecule has 2 rings (SSSR count). The maximum atomic E-state index is 12.5. The van der Waals surface area contributed by atoms with Gasteiger partial charge in [0.25, 0.3) is 5.91 Å². The number of nitrogens with zero attached hydrogens (tertiary/aromatic N) is 1. The van der Waals surface area contributed by atoms with Gasteiger partial charge in [0.1, 0.15) is 5.75 Å². The maximum absolute atomic E-state index is 12.5. The molecule has 26 heavy (non-hydrogen) atoms. The van der Waals surface area contributed by atoms with Crippen LogP contribution in [0.15, 0.2) is 55.1 Å². The van der Waals surface area contributed by atoms with E-state index >= 15 is 0 Å². The molecule has 0 saturated heterocycles.